The number of fused-ring (bicyclic) bond motifs is 1. The predicted octanol–water partition coefficient (Wildman–Crippen LogP) is 4.40. The second kappa shape index (κ2) is 7.35. The molecule has 3 aromatic rings. The van der Waals surface area contributed by atoms with Gasteiger partial charge in [0.05, 0.1) is 19.2 Å². The van der Waals surface area contributed by atoms with Crippen molar-refractivity contribution in [3.05, 3.63) is 72.1 Å². The molecule has 0 fully saturated rings. The van der Waals surface area contributed by atoms with Gasteiger partial charge in [0.15, 0.2) is 0 Å². The highest BCUT2D eigenvalue weighted by atomic mass is 16.5. The first-order valence-electron chi connectivity index (χ1n) is 9.83. The van der Waals surface area contributed by atoms with E-state index in [2.05, 4.69) is 28.3 Å². The van der Waals surface area contributed by atoms with Crippen molar-refractivity contribution in [1.29, 1.82) is 0 Å². The molecule has 2 atom stereocenters. The summed E-state index contributed by atoms with van der Waals surface area (Å²) in [6.45, 7) is 5.80. The molecule has 0 saturated heterocycles. The van der Waals surface area contributed by atoms with E-state index in [-0.39, 0.29) is 18.0 Å². The van der Waals surface area contributed by atoms with Crippen LogP contribution in [0.5, 0.6) is 5.75 Å². The first-order chi connectivity index (χ1) is 13.9. The van der Waals surface area contributed by atoms with Crippen molar-refractivity contribution < 1.29 is 9.53 Å². The standard InChI is InChI=1S/C23H26N4O2/c1-23(2,3)21(28)26-18(16-10-6-5-7-11-16)14-19(27-22(26)24-15-25-27)17-12-8-9-13-20(17)29-4/h5-13,15,18-19H,14H2,1-4H3/t18-,19-/m0/s1. The van der Waals surface area contributed by atoms with Crippen molar-refractivity contribution in [2.24, 2.45) is 5.41 Å². The van der Waals surface area contributed by atoms with Gasteiger partial charge >= 0.3 is 0 Å². The van der Waals surface area contributed by atoms with Crippen molar-refractivity contribution in [1.82, 2.24) is 14.8 Å². The summed E-state index contributed by atoms with van der Waals surface area (Å²) in [4.78, 5) is 19.8. The quantitative estimate of drug-likeness (QED) is 0.665. The summed E-state index contributed by atoms with van der Waals surface area (Å²) in [6.07, 6.45) is 2.20. The summed E-state index contributed by atoms with van der Waals surface area (Å²) < 4.78 is 7.47. The highest BCUT2D eigenvalue weighted by molar-refractivity contribution is 5.96. The van der Waals surface area contributed by atoms with Gasteiger partial charge in [0.1, 0.15) is 12.1 Å². The highest BCUT2D eigenvalue weighted by Crippen LogP contribution is 2.45. The van der Waals surface area contributed by atoms with Crippen LogP contribution in [-0.4, -0.2) is 27.8 Å². The maximum Gasteiger partial charge on any atom is 0.235 e. The van der Waals surface area contributed by atoms with Gasteiger partial charge in [-0.2, -0.15) is 10.1 Å². The van der Waals surface area contributed by atoms with Crippen molar-refractivity contribution in [3.63, 3.8) is 0 Å². The molecule has 2 aromatic carbocycles. The number of para-hydroxylation sites is 1. The van der Waals surface area contributed by atoms with E-state index < -0.39 is 5.41 Å². The van der Waals surface area contributed by atoms with Crippen LogP contribution in [0.2, 0.25) is 0 Å². The molecule has 1 aliphatic heterocycles. The summed E-state index contributed by atoms with van der Waals surface area (Å²) in [5.41, 5.74) is 1.57. The fourth-order valence-corrected chi connectivity index (χ4v) is 3.95. The van der Waals surface area contributed by atoms with Crippen LogP contribution < -0.4 is 9.64 Å². The summed E-state index contributed by atoms with van der Waals surface area (Å²) in [7, 11) is 1.67. The number of nitrogens with zero attached hydrogens (tertiary/aromatic N) is 4. The van der Waals surface area contributed by atoms with Gasteiger partial charge < -0.3 is 4.74 Å². The molecule has 0 aliphatic carbocycles. The molecule has 4 rings (SSSR count). The zero-order valence-electron chi connectivity index (χ0n) is 17.2. The van der Waals surface area contributed by atoms with Gasteiger partial charge in [-0.25, -0.2) is 4.68 Å². The predicted molar refractivity (Wildman–Crippen MR) is 112 cm³/mol. The molecule has 1 aliphatic rings. The van der Waals surface area contributed by atoms with Crippen LogP contribution in [0.15, 0.2) is 60.9 Å². The average Bonchev–Trinajstić information content (AvgIpc) is 3.21. The third-order valence-corrected chi connectivity index (χ3v) is 5.37. The number of methoxy groups -OCH3 is 1. The van der Waals surface area contributed by atoms with Crippen molar-refractivity contribution in [3.8, 4) is 5.75 Å². The van der Waals surface area contributed by atoms with Crippen LogP contribution in [0.3, 0.4) is 0 Å². The number of rotatable bonds is 3. The SMILES string of the molecule is COc1ccccc1[C@@H]1C[C@@H](c2ccccc2)N(C(=O)C(C)(C)C)c2ncnn21. The minimum atomic E-state index is -0.541. The number of hydrogen-bond donors (Lipinski definition) is 0. The van der Waals surface area contributed by atoms with E-state index in [1.807, 2.05) is 66.8 Å². The lowest BCUT2D eigenvalue weighted by Gasteiger charge is -2.41. The Morgan fingerprint density at radius 2 is 1.72 bits per heavy atom. The lowest BCUT2D eigenvalue weighted by atomic mass is 9.88. The first kappa shape index (κ1) is 19.2. The number of hydrogen-bond acceptors (Lipinski definition) is 4. The molecule has 2 heterocycles. The Balaban J connectivity index is 1.89. The summed E-state index contributed by atoms with van der Waals surface area (Å²) in [6, 6.07) is 17.9. The Kier molecular flexibility index (Phi) is 4.86. The van der Waals surface area contributed by atoms with Gasteiger partial charge in [-0.1, -0.05) is 69.3 Å². The average molecular weight is 390 g/mol. The molecule has 6 nitrogen and oxygen atoms in total. The highest BCUT2D eigenvalue weighted by Gasteiger charge is 2.43. The fraction of sp³-hybridized carbons (Fsp3) is 0.348. The normalized spacial score (nSPS) is 19.0. The third kappa shape index (κ3) is 3.39. The zero-order chi connectivity index (χ0) is 20.6. The molecule has 0 spiro atoms. The summed E-state index contributed by atoms with van der Waals surface area (Å²) in [5, 5.41) is 4.49. The molecule has 1 amide bonds. The number of aromatic nitrogens is 3. The number of anilines is 1. The van der Waals surface area contributed by atoms with Crippen LogP contribution in [0.25, 0.3) is 0 Å². The van der Waals surface area contributed by atoms with Gasteiger partial charge in [0.2, 0.25) is 11.9 Å². The summed E-state index contributed by atoms with van der Waals surface area (Å²) >= 11 is 0. The monoisotopic (exact) mass is 390 g/mol. The topological polar surface area (TPSA) is 60.2 Å². The first-order valence-corrected chi connectivity index (χ1v) is 9.83. The number of carbonyl (C=O) groups excluding carboxylic acids is 1. The third-order valence-electron chi connectivity index (χ3n) is 5.37. The van der Waals surface area contributed by atoms with Gasteiger partial charge in [0.25, 0.3) is 0 Å². The summed E-state index contributed by atoms with van der Waals surface area (Å²) in [5.74, 6) is 1.40. The number of benzene rings is 2. The second-order valence-corrected chi connectivity index (χ2v) is 8.35. The number of carbonyl (C=O) groups is 1. The van der Waals surface area contributed by atoms with Crippen molar-refractivity contribution in [2.45, 2.75) is 39.3 Å². The van der Waals surface area contributed by atoms with Crippen LogP contribution in [0.1, 0.15) is 50.4 Å². The van der Waals surface area contributed by atoms with Crippen LogP contribution >= 0.6 is 0 Å². The Hall–Kier alpha value is -3.15. The van der Waals surface area contributed by atoms with Crippen LogP contribution in [0.4, 0.5) is 5.95 Å². The van der Waals surface area contributed by atoms with E-state index in [1.165, 1.54) is 6.33 Å². The van der Waals surface area contributed by atoms with Gasteiger partial charge in [-0.15, -0.1) is 0 Å². The Bertz CT molecular complexity index is 1010. The molecule has 29 heavy (non-hydrogen) atoms. The minimum Gasteiger partial charge on any atom is -0.496 e. The fourth-order valence-electron chi connectivity index (χ4n) is 3.95. The molecule has 0 unspecified atom stereocenters. The van der Waals surface area contributed by atoms with E-state index in [9.17, 15) is 4.79 Å². The van der Waals surface area contributed by atoms with Crippen molar-refractivity contribution >= 4 is 11.9 Å². The molecule has 1 aromatic heterocycles. The smallest absolute Gasteiger partial charge is 0.235 e. The largest absolute Gasteiger partial charge is 0.496 e. The lowest BCUT2D eigenvalue weighted by Crippen LogP contribution is -2.47. The number of ether oxygens (including phenoxy) is 1. The lowest BCUT2D eigenvalue weighted by molar-refractivity contribution is -0.126. The van der Waals surface area contributed by atoms with E-state index in [4.69, 9.17) is 4.74 Å². The molecular formula is C23H26N4O2. The zero-order valence-corrected chi connectivity index (χ0v) is 17.2. The Morgan fingerprint density at radius 3 is 2.41 bits per heavy atom. The van der Waals surface area contributed by atoms with E-state index >= 15 is 0 Å². The van der Waals surface area contributed by atoms with Crippen LogP contribution in [-0.2, 0) is 4.79 Å². The molecule has 150 valence electrons. The Morgan fingerprint density at radius 1 is 1.03 bits per heavy atom. The van der Waals surface area contributed by atoms with E-state index in [1.54, 1.807) is 7.11 Å². The number of amides is 1. The molecular weight excluding hydrogens is 364 g/mol. The van der Waals surface area contributed by atoms with Crippen molar-refractivity contribution in [2.75, 3.05) is 12.0 Å². The molecule has 0 radical (unpaired) electrons. The maximum absolute atomic E-state index is 13.5. The van der Waals surface area contributed by atoms with Crippen LogP contribution in [0, 0.1) is 5.41 Å². The maximum atomic E-state index is 13.5. The van der Waals surface area contributed by atoms with Gasteiger partial charge in [0, 0.05) is 11.0 Å². The Labute approximate surface area is 171 Å². The molecule has 0 saturated carbocycles. The molecule has 6 heteroatoms. The molecule has 0 N–H and O–H groups in total. The minimum absolute atomic E-state index is 0.0269. The van der Waals surface area contributed by atoms with Gasteiger partial charge in [-0.3, -0.25) is 9.69 Å². The molecule has 0 bridgehead atoms. The van der Waals surface area contributed by atoms with E-state index in [0.717, 1.165) is 16.9 Å². The van der Waals surface area contributed by atoms with Gasteiger partial charge in [-0.05, 0) is 18.1 Å². The van der Waals surface area contributed by atoms with E-state index in [0.29, 0.717) is 12.4 Å². The second-order valence-electron chi connectivity index (χ2n) is 8.35.